The van der Waals surface area contributed by atoms with Gasteiger partial charge in [0.25, 0.3) is 5.91 Å². The number of ether oxygens (including phenoxy) is 1. The van der Waals surface area contributed by atoms with Crippen molar-refractivity contribution in [3.8, 4) is 0 Å². The minimum absolute atomic E-state index is 0.0541. The molecular formula is C11H17N3O3. The topological polar surface area (TPSA) is 67.6 Å². The van der Waals surface area contributed by atoms with E-state index in [1.54, 1.807) is 29.0 Å². The van der Waals surface area contributed by atoms with Crippen LogP contribution in [-0.4, -0.2) is 57.6 Å². The van der Waals surface area contributed by atoms with E-state index in [0.717, 1.165) is 0 Å². The first-order chi connectivity index (χ1) is 8.10. The number of amides is 1. The van der Waals surface area contributed by atoms with Gasteiger partial charge in [0, 0.05) is 26.3 Å². The van der Waals surface area contributed by atoms with Gasteiger partial charge in [0.1, 0.15) is 0 Å². The summed E-state index contributed by atoms with van der Waals surface area (Å²) in [6.07, 6.45) is 2.90. The monoisotopic (exact) mass is 239 g/mol. The molecule has 0 radical (unpaired) electrons. The van der Waals surface area contributed by atoms with Crippen LogP contribution in [0.4, 0.5) is 0 Å². The summed E-state index contributed by atoms with van der Waals surface area (Å²) < 4.78 is 7.09. The van der Waals surface area contributed by atoms with Gasteiger partial charge >= 0.3 is 0 Å². The zero-order valence-corrected chi connectivity index (χ0v) is 10.0. The molecule has 2 heterocycles. The highest BCUT2D eigenvalue weighted by molar-refractivity contribution is 5.93. The van der Waals surface area contributed by atoms with Crippen molar-refractivity contribution in [2.45, 2.75) is 19.1 Å². The van der Waals surface area contributed by atoms with Gasteiger partial charge in [-0.1, -0.05) is 0 Å². The van der Waals surface area contributed by atoms with Crippen molar-refractivity contribution in [3.63, 3.8) is 0 Å². The lowest BCUT2D eigenvalue weighted by Crippen LogP contribution is -2.50. The van der Waals surface area contributed by atoms with Gasteiger partial charge in [-0.15, -0.1) is 0 Å². The highest BCUT2D eigenvalue weighted by Crippen LogP contribution is 2.13. The van der Waals surface area contributed by atoms with Gasteiger partial charge in [-0.05, 0) is 6.92 Å². The minimum Gasteiger partial charge on any atom is -0.394 e. The van der Waals surface area contributed by atoms with Crippen molar-refractivity contribution in [3.05, 3.63) is 18.0 Å². The smallest absolute Gasteiger partial charge is 0.257 e. The SMILES string of the molecule is CC1CN(C(=O)c2cnn(C)c2)CC(CO)O1. The molecule has 0 bridgehead atoms. The van der Waals surface area contributed by atoms with E-state index in [9.17, 15) is 4.79 Å². The molecule has 2 atom stereocenters. The van der Waals surface area contributed by atoms with E-state index in [2.05, 4.69) is 5.10 Å². The van der Waals surface area contributed by atoms with Crippen LogP contribution in [0.25, 0.3) is 0 Å². The van der Waals surface area contributed by atoms with Gasteiger partial charge in [-0.25, -0.2) is 0 Å². The fourth-order valence-corrected chi connectivity index (χ4v) is 2.03. The minimum atomic E-state index is -0.292. The van der Waals surface area contributed by atoms with Crippen molar-refractivity contribution in [2.24, 2.45) is 7.05 Å². The summed E-state index contributed by atoms with van der Waals surface area (Å²) in [5.74, 6) is -0.0632. The van der Waals surface area contributed by atoms with Crippen LogP contribution in [0.15, 0.2) is 12.4 Å². The Morgan fingerprint density at radius 3 is 3.00 bits per heavy atom. The second-order valence-electron chi connectivity index (χ2n) is 4.36. The standard InChI is InChI=1S/C11H17N3O3/c1-8-4-14(6-10(7-15)17-8)11(16)9-3-12-13(2)5-9/h3,5,8,10,15H,4,6-7H2,1-2H3. The van der Waals surface area contributed by atoms with Gasteiger partial charge in [-0.3, -0.25) is 9.48 Å². The summed E-state index contributed by atoms with van der Waals surface area (Å²) in [4.78, 5) is 13.9. The normalized spacial score (nSPS) is 25.0. The first-order valence-corrected chi connectivity index (χ1v) is 5.64. The molecule has 1 fully saturated rings. The Labute approximate surface area is 99.8 Å². The highest BCUT2D eigenvalue weighted by Gasteiger charge is 2.28. The Kier molecular flexibility index (Phi) is 3.44. The van der Waals surface area contributed by atoms with Crippen molar-refractivity contribution < 1.29 is 14.6 Å². The Hall–Kier alpha value is -1.40. The van der Waals surface area contributed by atoms with Crippen LogP contribution in [0.1, 0.15) is 17.3 Å². The second-order valence-corrected chi connectivity index (χ2v) is 4.36. The maximum absolute atomic E-state index is 12.2. The van der Waals surface area contributed by atoms with Gasteiger partial charge in [-0.2, -0.15) is 5.10 Å². The van der Waals surface area contributed by atoms with Crippen LogP contribution in [0.3, 0.4) is 0 Å². The van der Waals surface area contributed by atoms with Crippen LogP contribution in [0.5, 0.6) is 0 Å². The molecule has 6 nitrogen and oxygen atoms in total. The van der Waals surface area contributed by atoms with Crippen molar-refractivity contribution in [1.29, 1.82) is 0 Å². The maximum atomic E-state index is 12.2. The molecule has 2 unspecified atom stereocenters. The summed E-state index contributed by atoms with van der Waals surface area (Å²) in [5.41, 5.74) is 0.568. The van der Waals surface area contributed by atoms with Gasteiger partial charge in [0.05, 0.1) is 30.6 Å². The molecule has 1 N–H and O–H groups in total. The number of aliphatic hydroxyl groups is 1. The molecule has 0 saturated carbocycles. The van der Waals surface area contributed by atoms with Crippen molar-refractivity contribution in [1.82, 2.24) is 14.7 Å². The summed E-state index contributed by atoms with van der Waals surface area (Å²) in [6, 6.07) is 0. The van der Waals surface area contributed by atoms with Crippen molar-refractivity contribution >= 4 is 5.91 Å². The number of aromatic nitrogens is 2. The molecule has 6 heteroatoms. The summed E-state index contributed by atoms with van der Waals surface area (Å²) in [5, 5.41) is 13.1. The van der Waals surface area contributed by atoms with E-state index in [1.807, 2.05) is 6.92 Å². The Morgan fingerprint density at radius 1 is 1.65 bits per heavy atom. The molecule has 0 spiro atoms. The van der Waals surface area contributed by atoms with Crippen LogP contribution < -0.4 is 0 Å². The molecule has 0 aromatic carbocycles. The van der Waals surface area contributed by atoms with E-state index in [-0.39, 0.29) is 24.7 Å². The molecular weight excluding hydrogens is 222 g/mol. The van der Waals surface area contributed by atoms with Crippen LogP contribution >= 0.6 is 0 Å². The Balaban J connectivity index is 2.08. The summed E-state index contributed by atoms with van der Waals surface area (Å²) in [6.45, 7) is 2.80. The lowest BCUT2D eigenvalue weighted by Gasteiger charge is -2.35. The number of rotatable bonds is 2. The van der Waals surface area contributed by atoms with Gasteiger partial charge in [0.15, 0.2) is 0 Å². The molecule has 1 aromatic heterocycles. The Morgan fingerprint density at radius 2 is 2.41 bits per heavy atom. The van der Waals surface area contributed by atoms with Crippen molar-refractivity contribution in [2.75, 3.05) is 19.7 Å². The molecule has 1 amide bonds. The summed E-state index contributed by atoms with van der Waals surface area (Å²) in [7, 11) is 1.77. The number of hydrogen-bond acceptors (Lipinski definition) is 4. The lowest BCUT2D eigenvalue weighted by atomic mass is 10.2. The molecule has 1 aliphatic heterocycles. The zero-order valence-electron chi connectivity index (χ0n) is 10.0. The van der Waals surface area contributed by atoms with Crippen LogP contribution in [-0.2, 0) is 11.8 Å². The van der Waals surface area contributed by atoms with E-state index in [0.29, 0.717) is 18.7 Å². The zero-order chi connectivity index (χ0) is 12.4. The largest absolute Gasteiger partial charge is 0.394 e. The first-order valence-electron chi connectivity index (χ1n) is 5.64. The first kappa shape index (κ1) is 12.1. The average molecular weight is 239 g/mol. The predicted octanol–water partition coefficient (Wildman–Crippen LogP) is -0.358. The van der Waals surface area contributed by atoms with E-state index in [4.69, 9.17) is 9.84 Å². The third kappa shape index (κ3) is 2.65. The fourth-order valence-electron chi connectivity index (χ4n) is 2.03. The summed E-state index contributed by atoms with van der Waals surface area (Å²) >= 11 is 0. The number of carbonyl (C=O) groups is 1. The second kappa shape index (κ2) is 4.85. The molecule has 1 aromatic rings. The molecule has 0 aliphatic carbocycles. The third-order valence-electron chi connectivity index (χ3n) is 2.77. The van der Waals surface area contributed by atoms with Gasteiger partial charge in [0.2, 0.25) is 0 Å². The number of morpholine rings is 1. The van der Waals surface area contributed by atoms with E-state index >= 15 is 0 Å². The number of aryl methyl sites for hydroxylation is 1. The van der Waals surface area contributed by atoms with Crippen LogP contribution in [0, 0.1) is 0 Å². The molecule has 17 heavy (non-hydrogen) atoms. The number of carbonyl (C=O) groups excluding carboxylic acids is 1. The molecule has 94 valence electrons. The molecule has 1 aliphatic rings. The van der Waals surface area contributed by atoms with E-state index < -0.39 is 0 Å². The van der Waals surface area contributed by atoms with Gasteiger partial charge < -0.3 is 14.7 Å². The quantitative estimate of drug-likeness (QED) is 0.765. The molecule has 2 rings (SSSR count). The predicted molar refractivity (Wildman–Crippen MR) is 60.5 cm³/mol. The highest BCUT2D eigenvalue weighted by atomic mass is 16.5. The number of nitrogens with zero attached hydrogens (tertiary/aromatic N) is 3. The number of aliphatic hydroxyl groups excluding tert-OH is 1. The number of hydrogen-bond donors (Lipinski definition) is 1. The molecule has 1 saturated heterocycles. The van der Waals surface area contributed by atoms with Crippen LogP contribution in [0.2, 0.25) is 0 Å². The average Bonchev–Trinajstić information content (AvgIpc) is 2.74. The lowest BCUT2D eigenvalue weighted by molar-refractivity contribution is -0.0858. The Bertz CT molecular complexity index is 404. The maximum Gasteiger partial charge on any atom is 0.257 e. The van der Waals surface area contributed by atoms with E-state index in [1.165, 1.54) is 0 Å². The third-order valence-corrected chi connectivity index (χ3v) is 2.77. The fraction of sp³-hybridized carbons (Fsp3) is 0.636.